The maximum absolute atomic E-state index is 5.48. The summed E-state index contributed by atoms with van der Waals surface area (Å²) in [5, 5.41) is 0. The molecule has 0 aliphatic heterocycles. The van der Waals surface area contributed by atoms with Crippen molar-refractivity contribution in [2.45, 2.75) is 20.8 Å². The van der Waals surface area contributed by atoms with Gasteiger partial charge in [-0.3, -0.25) is 4.98 Å². The van der Waals surface area contributed by atoms with E-state index in [1.54, 1.807) is 12.4 Å². The summed E-state index contributed by atoms with van der Waals surface area (Å²) in [5.74, 6) is 0. The highest BCUT2D eigenvalue weighted by atomic mass is 14.7. The predicted octanol–water partition coefficient (Wildman–Crippen LogP) is 1.58. The first kappa shape index (κ1) is 9.75. The Morgan fingerprint density at radius 3 is 1.73 bits per heavy atom. The molecule has 0 saturated carbocycles. The first-order valence-electron chi connectivity index (χ1n) is 3.67. The van der Waals surface area contributed by atoms with Gasteiger partial charge in [0.1, 0.15) is 0 Å². The molecule has 0 aromatic carbocycles. The van der Waals surface area contributed by atoms with Crippen molar-refractivity contribution >= 4 is 11.4 Å². The molecule has 1 heterocycles. The first-order chi connectivity index (χ1) is 5.22. The predicted molar refractivity (Wildman–Crippen MR) is 49.1 cm³/mol. The van der Waals surface area contributed by atoms with E-state index in [9.17, 15) is 0 Å². The monoisotopic (exact) mass is 153 g/mol. The lowest BCUT2D eigenvalue weighted by atomic mass is 10.2. The van der Waals surface area contributed by atoms with Gasteiger partial charge in [0, 0.05) is 0 Å². The van der Waals surface area contributed by atoms with Crippen molar-refractivity contribution in [1.29, 1.82) is 0 Å². The van der Waals surface area contributed by atoms with E-state index in [4.69, 9.17) is 11.5 Å². The lowest BCUT2D eigenvalue weighted by molar-refractivity contribution is 1.30. The Morgan fingerprint density at radius 2 is 1.45 bits per heavy atom. The van der Waals surface area contributed by atoms with Gasteiger partial charge < -0.3 is 11.5 Å². The molecule has 3 nitrogen and oxygen atoms in total. The number of pyridine rings is 1. The highest BCUT2D eigenvalue weighted by molar-refractivity contribution is 5.57. The Bertz CT molecular complexity index is 200. The second-order valence-corrected chi connectivity index (χ2v) is 1.94. The number of hydrogen-bond acceptors (Lipinski definition) is 3. The number of nitrogens with zero attached hydrogens (tertiary/aromatic N) is 1. The van der Waals surface area contributed by atoms with Gasteiger partial charge >= 0.3 is 0 Å². The van der Waals surface area contributed by atoms with Crippen LogP contribution < -0.4 is 11.5 Å². The second kappa shape index (κ2) is 4.55. The zero-order valence-electron chi connectivity index (χ0n) is 7.26. The fraction of sp³-hybridized carbons (Fsp3) is 0.375. The van der Waals surface area contributed by atoms with Gasteiger partial charge in [-0.25, -0.2) is 0 Å². The molecule has 0 aliphatic carbocycles. The van der Waals surface area contributed by atoms with E-state index in [1.165, 1.54) is 0 Å². The molecule has 0 saturated heterocycles. The van der Waals surface area contributed by atoms with E-state index < -0.39 is 0 Å². The van der Waals surface area contributed by atoms with Crippen molar-refractivity contribution in [1.82, 2.24) is 4.98 Å². The molecule has 4 N–H and O–H groups in total. The van der Waals surface area contributed by atoms with Crippen molar-refractivity contribution in [2.24, 2.45) is 0 Å². The normalized spacial score (nSPS) is 8.27. The third-order valence-corrected chi connectivity index (χ3v) is 1.29. The van der Waals surface area contributed by atoms with Crippen LogP contribution in [0, 0.1) is 6.92 Å². The summed E-state index contributed by atoms with van der Waals surface area (Å²) in [4.78, 5) is 3.79. The molecule has 0 fully saturated rings. The fourth-order valence-electron chi connectivity index (χ4n) is 0.558. The highest BCUT2D eigenvalue weighted by Crippen LogP contribution is 2.13. The summed E-state index contributed by atoms with van der Waals surface area (Å²) in [6.45, 7) is 5.87. The van der Waals surface area contributed by atoms with Gasteiger partial charge in [-0.15, -0.1) is 0 Å². The largest absolute Gasteiger partial charge is 0.397 e. The molecule has 62 valence electrons. The lowest BCUT2D eigenvalue weighted by Crippen LogP contribution is -1.96. The van der Waals surface area contributed by atoms with Crippen molar-refractivity contribution < 1.29 is 0 Å². The van der Waals surface area contributed by atoms with E-state index in [0.29, 0.717) is 11.4 Å². The molecular weight excluding hydrogens is 138 g/mol. The Morgan fingerprint density at radius 1 is 1.09 bits per heavy atom. The van der Waals surface area contributed by atoms with Crippen LogP contribution >= 0.6 is 0 Å². The van der Waals surface area contributed by atoms with Crippen LogP contribution in [-0.4, -0.2) is 4.98 Å². The molecule has 3 heteroatoms. The Kier molecular flexibility index (Phi) is 4.03. The zero-order valence-corrected chi connectivity index (χ0v) is 7.26. The molecule has 0 aliphatic rings. The molecule has 11 heavy (non-hydrogen) atoms. The zero-order chi connectivity index (χ0) is 8.85. The minimum absolute atomic E-state index is 0.648. The van der Waals surface area contributed by atoms with Crippen LogP contribution in [0.5, 0.6) is 0 Å². The van der Waals surface area contributed by atoms with Crippen molar-refractivity contribution in [3.8, 4) is 0 Å². The van der Waals surface area contributed by atoms with E-state index in [2.05, 4.69) is 4.98 Å². The molecule has 0 radical (unpaired) electrons. The maximum atomic E-state index is 5.48. The van der Waals surface area contributed by atoms with E-state index in [1.807, 2.05) is 20.8 Å². The molecule has 0 bridgehead atoms. The molecule has 1 aromatic rings. The maximum Gasteiger partial charge on any atom is 0.0551 e. The Hall–Kier alpha value is -1.25. The molecule has 0 amide bonds. The number of anilines is 2. The van der Waals surface area contributed by atoms with Crippen LogP contribution in [-0.2, 0) is 0 Å². The van der Waals surface area contributed by atoms with Crippen molar-refractivity contribution in [3.63, 3.8) is 0 Å². The van der Waals surface area contributed by atoms with Crippen LogP contribution in [0.15, 0.2) is 12.4 Å². The number of hydrogen-bond donors (Lipinski definition) is 2. The van der Waals surface area contributed by atoms with Crippen LogP contribution in [0.2, 0.25) is 0 Å². The van der Waals surface area contributed by atoms with E-state index >= 15 is 0 Å². The minimum atomic E-state index is 0.648. The van der Waals surface area contributed by atoms with Gasteiger partial charge in [0.05, 0.1) is 23.8 Å². The summed E-state index contributed by atoms with van der Waals surface area (Å²) in [6.07, 6.45) is 3.18. The standard InChI is InChI=1S/C6H9N3.C2H6/c1-4-5(7)2-9-3-6(4)8;1-2/h2-3H,7-8H2,1H3;1-2H3. The van der Waals surface area contributed by atoms with Gasteiger partial charge in [-0.1, -0.05) is 13.8 Å². The summed E-state index contributed by atoms with van der Waals surface area (Å²) in [5.41, 5.74) is 13.2. The topological polar surface area (TPSA) is 64.9 Å². The smallest absolute Gasteiger partial charge is 0.0551 e. The minimum Gasteiger partial charge on any atom is -0.397 e. The highest BCUT2D eigenvalue weighted by Gasteiger charge is 1.94. The SMILES string of the molecule is CC.Cc1c(N)cncc1N. The van der Waals surface area contributed by atoms with Crippen molar-refractivity contribution in [3.05, 3.63) is 18.0 Å². The molecular formula is C8H15N3. The number of nitrogen functional groups attached to an aromatic ring is 2. The lowest BCUT2D eigenvalue weighted by Gasteiger charge is -1.99. The second-order valence-electron chi connectivity index (χ2n) is 1.94. The first-order valence-corrected chi connectivity index (χ1v) is 3.67. The van der Waals surface area contributed by atoms with Crippen LogP contribution in [0.4, 0.5) is 11.4 Å². The number of nitrogens with two attached hydrogens (primary N) is 2. The van der Waals surface area contributed by atoms with Gasteiger partial charge in [0.25, 0.3) is 0 Å². The van der Waals surface area contributed by atoms with Gasteiger partial charge in [-0.05, 0) is 12.5 Å². The Labute approximate surface area is 67.4 Å². The molecule has 0 unspecified atom stereocenters. The van der Waals surface area contributed by atoms with Crippen LogP contribution in [0.1, 0.15) is 19.4 Å². The molecule has 0 atom stereocenters. The summed E-state index contributed by atoms with van der Waals surface area (Å²) in [7, 11) is 0. The summed E-state index contributed by atoms with van der Waals surface area (Å²) >= 11 is 0. The van der Waals surface area contributed by atoms with Gasteiger partial charge in [0.15, 0.2) is 0 Å². The van der Waals surface area contributed by atoms with Gasteiger partial charge in [0.2, 0.25) is 0 Å². The molecule has 1 rings (SSSR count). The average Bonchev–Trinajstić information content (AvgIpc) is 2.04. The average molecular weight is 153 g/mol. The summed E-state index contributed by atoms with van der Waals surface area (Å²) in [6, 6.07) is 0. The van der Waals surface area contributed by atoms with Crippen molar-refractivity contribution in [2.75, 3.05) is 11.5 Å². The van der Waals surface area contributed by atoms with Crippen LogP contribution in [0.3, 0.4) is 0 Å². The number of rotatable bonds is 0. The molecule has 0 spiro atoms. The summed E-state index contributed by atoms with van der Waals surface area (Å²) < 4.78 is 0. The van der Waals surface area contributed by atoms with E-state index in [0.717, 1.165) is 5.56 Å². The number of aromatic nitrogens is 1. The third-order valence-electron chi connectivity index (χ3n) is 1.29. The molecule has 1 aromatic heterocycles. The Balaban J connectivity index is 0.000000461. The quantitative estimate of drug-likeness (QED) is 0.594. The van der Waals surface area contributed by atoms with Gasteiger partial charge in [-0.2, -0.15) is 0 Å². The van der Waals surface area contributed by atoms with Crippen LogP contribution in [0.25, 0.3) is 0 Å². The fourth-order valence-corrected chi connectivity index (χ4v) is 0.558. The van der Waals surface area contributed by atoms with E-state index in [-0.39, 0.29) is 0 Å². The third kappa shape index (κ3) is 2.45.